The van der Waals surface area contributed by atoms with Crippen molar-refractivity contribution in [3.8, 4) is 22.8 Å². The van der Waals surface area contributed by atoms with E-state index in [1.54, 1.807) is 6.20 Å². The summed E-state index contributed by atoms with van der Waals surface area (Å²) in [4.78, 5) is 8.86. The Hall–Kier alpha value is -2.57. The zero-order chi connectivity index (χ0) is 16.5. The molecule has 0 radical (unpaired) electrons. The van der Waals surface area contributed by atoms with E-state index in [2.05, 4.69) is 31.1 Å². The Morgan fingerprint density at radius 1 is 1.00 bits per heavy atom. The van der Waals surface area contributed by atoms with Gasteiger partial charge in [0.2, 0.25) is 5.82 Å². The van der Waals surface area contributed by atoms with Gasteiger partial charge in [-0.25, -0.2) is 0 Å². The Balaban J connectivity index is 1.71. The topological polar surface area (TPSA) is 72.0 Å². The van der Waals surface area contributed by atoms with Gasteiger partial charge in [0.1, 0.15) is 0 Å². The van der Waals surface area contributed by atoms with Crippen LogP contribution in [0.3, 0.4) is 0 Å². The third-order valence-corrected chi connectivity index (χ3v) is 4.24. The largest absolute Gasteiger partial charge is 0.392 e. The van der Waals surface area contributed by atoms with Crippen LogP contribution in [0.15, 0.2) is 63.7 Å². The molecule has 0 aliphatic rings. The number of pyridine rings is 1. The van der Waals surface area contributed by atoms with Crippen molar-refractivity contribution in [1.82, 2.24) is 15.1 Å². The fraction of sp³-hybridized carbons (Fsp3) is 0.0556. The van der Waals surface area contributed by atoms with Crippen LogP contribution in [0, 0.1) is 0 Å². The molecule has 2 aromatic carbocycles. The molecule has 0 bridgehead atoms. The van der Waals surface area contributed by atoms with Gasteiger partial charge < -0.3 is 9.63 Å². The van der Waals surface area contributed by atoms with Crippen molar-refractivity contribution in [3.05, 3.63) is 64.8 Å². The molecular formula is C18H12BrN3O2. The van der Waals surface area contributed by atoms with Crippen LogP contribution in [-0.2, 0) is 6.61 Å². The molecule has 0 saturated heterocycles. The van der Waals surface area contributed by atoms with Crippen LogP contribution in [0.1, 0.15) is 5.56 Å². The van der Waals surface area contributed by atoms with E-state index < -0.39 is 0 Å². The lowest BCUT2D eigenvalue weighted by molar-refractivity contribution is 0.282. The summed E-state index contributed by atoms with van der Waals surface area (Å²) in [7, 11) is 0. The standard InChI is InChI=1S/C18H12BrN3O2/c19-15-5-3-12(4-6-15)17-21-18(24-22-17)14-8-13-2-1-11(10-23)7-16(13)20-9-14/h1-9,23H,10H2. The predicted octanol–water partition coefficient (Wildman–Crippen LogP) is 4.21. The van der Waals surface area contributed by atoms with Gasteiger partial charge in [-0.1, -0.05) is 33.2 Å². The van der Waals surface area contributed by atoms with Crippen molar-refractivity contribution in [2.45, 2.75) is 6.61 Å². The number of aliphatic hydroxyl groups excluding tert-OH is 1. The van der Waals surface area contributed by atoms with Gasteiger partial charge in [-0.15, -0.1) is 0 Å². The molecule has 0 saturated carbocycles. The Morgan fingerprint density at radius 3 is 2.62 bits per heavy atom. The first kappa shape index (κ1) is 15.0. The molecule has 0 unspecified atom stereocenters. The van der Waals surface area contributed by atoms with E-state index in [-0.39, 0.29) is 6.61 Å². The van der Waals surface area contributed by atoms with Gasteiger partial charge in [0.25, 0.3) is 5.89 Å². The molecule has 0 aliphatic heterocycles. The summed E-state index contributed by atoms with van der Waals surface area (Å²) in [5.41, 5.74) is 3.29. The molecule has 5 nitrogen and oxygen atoms in total. The zero-order valence-electron chi connectivity index (χ0n) is 12.5. The Morgan fingerprint density at radius 2 is 1.83 bits per heavy atom. The fourth-order valence-corrected chi connectivity index (χ4v) is 2.70. The summed E-state index contributed by atoms with van der Waals surface area (Å²) in [6, 6.07) is 15.3. The molecule has 4 aromatic rings. The quantitative estimate of drug-likeness (QED) is 0.575. The van der Waals surface area contributed by atoms with E-state index in [4.69, 9.17) is 4.52 Å². The first-order valence-corrected chi connectivity index (χ1v) is 8.12. The van der Waals surface area contributed by atoms with E-state index in [9.17, 15) is 5.11 Å². The highest BCUT2D eigenvalue weighted by Crippen LogP contribution is 2.25. The van der Waals surface area contributed by atoms with Crippen molar-refractivity contribution in [3.63, 3.8) is 0 Å². The van der Waals surface area contributed by atoms with Crippen molar-refractivity contribution in [1.29, 1.82) is 0 Å². The van der Waals surface area contributed by atoms with Gasteiger partial charge in [-0.3, -0.25) is 4.98 Å². The second-order valence-corrected chi connectivity index (χ2v) is 6.25. The maximum atomic E-state index is 9.19. The average Bonchev–Trinajstić information content (AvgIpc) is 3.11. The molecule has 0 amide bonds. The minimum absolute atomic E-state index is 0.000416. The van der Waals surface area contributed by atoms with Gasteiger partial charge >= 0.3 is 0 Å². The Labute approximate surface area is 146 Å². The van der Waals surface area contributed by atoms with Crippen molar-refractivity contribution < 1.29 is 9.63 Å². The second kappa shape index (κ2) is 6.14. The zero-order valence-corrected chi connectivity index (χ0v) is 14.1. The minimum atomic E-state index is -0.000416. The van der Waals surface area contributed by atoms with Crippen molar-refractivity contribution in [2.75, 3.05) is 0 Å². The van der Waals surface area contributed by atoms with E-state index in [0.717, 1.165) is 32.1 Å². The molecular weight excluding hydrogens is 370 g/mol. The van der Waals surface area contributed by atoms with E-state index >= 15 is 0 Å². The molecule has 0 atom stereocenters. The number of nitrogens with zero attached hydrogens (tertiary/aromatic N) is 3. The highest BCUT2D eigenvalue weighted by molar-refractivity contribution is 9.10. The van der Waals surface area contributed by atoms with Crippen molar-refractivity contribution in [2.24, 2.45) is 0 Å². The smallest absolute Gasteiger partial charge is 0.259 e. The van der Waals surface area contributed by atoms with Gasteiger partial charge in [0, 0.05) is 21.6 Å². The second-order valence-electron chi connectivity index (χ2n) is 5.34. The fourth-order valence-electron chi connectivity index (χ4n) is 2.44. The number of halogens is 1. The minimum Gasteiger partial charge on any atom is -0.392 e. The van der Waals surface area contributed by atoms with Gasteiger partial charge in [-0.2, -0.15) is 4.98 Å². The highest BCUT2D eigenvalue weighted by Gasteiger charge is 2.11. The summed E-state index contributed by atoms with van der Waals surface area (Å²) in [5, 5.41) is 14.2. The Bertz CT molecular complexity index is 1010. The van der Waals surface area contributed by atoms with Crippen LogP contribution in [0.4, 0.5) is 0 Å². The van der Waals surface area contributed by atoms with Crippen LogP contribution in [0.5, 0.6) is 0 Å². The van der Waals surface area contributed by atoms with Gasteiger partial charge in [0.05, 0.1) is 17.7 Å². The number of benzene rings is 2. The molecule has 1 N–H and O–H groups in total. The molecule has 2 heterocycles. The summed E-state index contributed by atoms with van der Waals surface area (Å²) < 4.78 is 6.37. The average molecular weight is 382 g/mol. The summed E-state index contributed by atoms with van der Waals surface area (Å²) in [5.74, 6) is 0.960. The van der Waals surface area contributed by atoms with Crippen LogP contribution in [0.25, 0.3) is 33.7 Å². The number of hydrogen-bond acceptors (Lipinski definition) is 5. The molecule has 0 spiro atoms. The SMILES string of the molecule is OCc1ccc2cc(-c3nc(-c4ccc(Br)cc4)no3)cnc2c1. The molecule has 2 aromatic heterocycles. The van der Waals surface area contributed by atoms with Crippen LogP contribution < -0.4 is 0 Å². The maximum absolute atomic E-state index is 9.19. The lowest BCUT2D eigenvalue weighted by atomic mass is 10.1. The highest BCUT2D eigenvalue weighted by atomic mass is 79.9. The molecule has 24 heavy (non-hydrogen) atoms. The van der Waals surface area contributed by atoms with Gasteiger partial charge in [0.15, 0.2) is 0 Å². The van der Waals surface area contributed by atoms with Crippen LogP contribution in [0.2, 0.25) is 0 Å². The third kappa shape index (κ3) is 2.81. The molecule has 0 aliphatic carbocycles. The summed E-state index contributed by atoms with van der Waals surface area (Å²) in [6.07, 6.45) is 1.70. The van der Waals surface area contributed by atoms with Gasteiger partial charge in [-0.05, 0) is 42.0 Å². The summed E-state index contributed by atoms with van der Waals surface area (Å²) >= 11 is 3.40. The third-order valence-electron chi connectivity index (χ3n) is 3.71. The number of rotatable bonds is 3. The first-order chi connectivity index (χ1) is 11.7. The lowest BCUT2D eigenvalue weighted by Crippen LogP contribution is -1.87. The maximum Gasteiger partial charge on any atom is 0.259 e. The number of aliphatic hydroxyl groups is 1. The molecule has 6 heteroatoms. The normalized spacial score (nSPS) is 11.1. The van der Waals surface area contributed by atoms with Crippen LogP contribution >= 0.6 is 15.9 Å². The molecule has 118 valence electrons. The van der Waals surface area contributed by atoms with E-state index in [0.29, 0.717) is 11.7 Å². The van der Waals surface area contributed by atoms with E-state index in [1.807, 2.05) is 48.5 Å². The number of aromatic nitrogens is 3. The summed E-state index contributed by atoms with van der Waals surface area (Å²) in [6.45, 7) is -0.000416. The molecule has 4 rings (SSSR count). The van der Waals surface area contributed by atoms with E-state index in [1.165, 1.54) is 0 Å². The first-order valence-electron chi connectivity index (χ1n) is 7.32. The predicted molar refractivity (Wildman–Crippen MR) is 94.1 cm³/mol. The lowest BCUT2D eigenvalue weighted by Gasteiger charge is -2.01. The van der Waals surface area contributed by atoms with Crippen molar-refractivity contribution >= 4 is 26.8 Å². The van der Waals surface area contributed by atoms with Crippen LogP contribution in [-0.4, -0.2) is 20.2 Å². The Kier molecular flexibility index (Phi) is 3.84. The number of hydrogen-bond donors (Lipinski definition) is 1. The monoisotopic (exact) mass is 381 g/mol. The molecule has 0 fully saturated rings. The number of fused-ring (bicyclic) bond motifs is 1.